The molecule has 6 aliphatic rings. The number of nitrogens with zero attached hydrogens (tertiary/aromatic N) is 1. The number of ketones is 2. The molecular weight excluding hydrogens is 382 g/mol. The number of ether oxygens (including phenoxy) is 1. The van der Waals surface area contributed by atoms with E-state index in [-0.39, 0.29) is 46.6 Å². The van der Waals surface area contributed by atoms with Gasteiger partial charge in [-0.15, -0.1) is 0 Å². The van der Waals surface area contributed by atoms with Gasteiger partial charge in [0.05, 0.1) is 23.5 Å². The molecule has 6 heteroatoms. The van der Waals surface area contributed by atoms with Crippen molar-refractivity contribution in [1.29, 1.82) is 5.26 Å². The molecule has 1 aliphatic heterocycles. The standard InChI is InChI=1S/C24H29NO5/c1-21-6-4-14(26)19-20(29)12(9-23(19,21)11-25)17-13-3-7-24(8-5-16(28)30-24)22(13,2)10-15(27)18(17)21/h12-13,15,17-19,27H,3-10H2,1-2H3/t12?,13?,15?,17?,18?,19?,21-,22+,23?,24?/m1/s1. The number of nitriles is 1. The van der Waals surface area contributed by atoms with Gasteiger partial charge >= 0.3 is 5.97 Å². The summed E-state index contributed by atoms with van der Waals surface area (Å²) in [7, 11) is 0. The van der Waals surface area contributed by atoms with Gasteiger partial charge in [0, 0.05) is 24.2 Å². The van der Waals surface area contributed by atoms with Crippen molar-refractivity contribution in [3.8, 4) is 6.07 Å². The molecule has 0 aromatic carbocycles. The molecule has 5 saturated carbocycles. The monoisotopic (exact) mass is 411 g/mol. The highest BCUT2D eigenvalue weighted by Crippen LogP contribution is 2.76. The van der Waals surface area contributed by atoms with Crippen LogP contribution in [0.2, 0.25) is 0 Å². The fourth-order valence-corrected chi connectivity index (χ4v) is 9.73. The Balaban J connectivity index is 1.52. The normalized spacial score (nSPS) is 58.4. The minimum Gasteiger partial charge on any atom is -0.458 e. The Labute approximate surface area is 176 Å². The Morgan fingerprint density at radius 3 is 2.50 bits per heavy atom. The molecule has 10 atom stereocenters. The minimum absolute atomic E-state index is 0.0488. The second-order valence-corrected chi connectivity index (χ2v) is 11.5. The van der Waals surface area contributed by atoms with E-state index in [0.717, 1.165) is 12.8 Å². The molecule has 1 spiro atoms. The molecule has 2 bridgehead atoms. The van der Waals surface area contributed by atoms with Crippen LogP contribution in [0, 0.1) is 57.2 Å². The summed E-state index contributed by atoms with van der Waals surface area (Å²) in [6.45, 7) is 4.21. The lowest BCUT2D eigenvalue weighted by Crippen LogP contribution is -2.65. The van der Waals surface area contributed by atoms with Crippen molar-refractivity contribution in [2.45, 2.75) is 76.9 Å². The number of hydrogen-bond acceptors (Lipinski definition) is 6. The Morgan fingerprint density at radius 2 is 1.83 bits per heavy atom. The van der Waals surface area contributed by atoms with Crippen molar-refractivity contribution in [3.05, 3.63) is 0 Å². The average molecular weight is 411 g/mol. The first-order valence-corrected chi connectivity index (χ1v) is 11.5. The van der Waals surface area contributed by atoms with Gasteiger partial charge in [0.2, 0.25) is 0 Å². The molecule has 1 saturated heterocycles. The van der Waals surface area contributed by atoms with E-state index < -0.39 is 28.5 Å². The number of rotatable bonds is 0. The average Bonchev–Trinajstić information content (AvgIpc) is 3.31. The zero-order chi connectivity index (χ0) is 21.3. The summed E-state index contributed by atoms with van der Waals surface area (Å²) in [5.74, 6) is -1.52. The molecule has 6 rings (SSSR count). The Kier molecular flexibility index (Phi) is 3.39. The summed E-state index contributed by atoms with van der Waals surface area (Å²) in [5.41, 5.74) is -2.44. The summed E-state index contributed by atoms with van der Waals surface area (Å²) < 4.78 is 5.94. The third-order valence-electron chi connectivity index (χ3n) is 11.0. The van der Waals surface area contributed by atoms with Crippen molar-refractivity contribution in [2.24, 2.45) is 45.8 Å². The van der Waals surface area contributed by atoms with Crippen LogP contribution in [-0.2, 0) is 19.1 Å². The molecule has 0 radical (unpaired) electrons. The van der Waals surface area contributed by atoms with Gasteiger partial charge in [-0.2, -0.15) is 5.26 Å². The maximum absolute atomic E-state index is 13.6. The summed E-state index contributed by atoms with van der Waals surface area (Å²) in [6.07, 6.45) is 3.95. The van der Waals surface area contributed by atoms with Crippen LogP contribution in [0.1, 0.15) is 65.2 Å². The van der Waals surface area contributed by atoms with E-state index in [9.17, 15) is 24.8 Å². The maximum Gasteiger partial charge on any atom is 0.306 e. The van der Waals surface area contributed by atoms with E-state index in [1.165, 1.54) is 0 Å². The topological polar surface area (TPSA) is 104 Å². The van der Waals surface area contributed by atoms with Gasteiger partial charge in [-0.3, -0.25) is 14.4 Å². The highest BCUT2D eigenvalue weighted by atomic mass is 16.6. The lowest BCUT2D eigenvalue weighted by molar-refractivity contribution is -0.213. The van der Waals surface area contributed by atoms with Crippen molar-refractivity contribution in [1.82, 2.24) is 0 Å². The fraction of sp³-hybridized carbons (Fsp3) is 0.833. The summed E-state index contributed by atoms with van der Waals surface area (Å²) in [4.78, 5) is 38.5. The van der Waals surface area contributed by atoms with E-state index in [0.29, 0.717) is 38.5 Å². The quantitative estimate of drug-likeness (QED) is 0.485. The maximum atomic E-state index is 13.6. The number of hydrogen-bond donors (Lipinski definition) is 1. The van der Waals surface area contributed by atoms with Gasteiger partial charge in [-0.25, -0.2) is 0 Å². The molecule has 30 heavy (non-hydrogen) atoms. The Bertz CT molecular complexity index is 938. The second-order valence-electron chi connectivity index (χ2n) is 11.5. The SMILES string of the molecule is C[C@]12CC(O)C3C(C4CC5(C#N)C(C(=O)CC[C@]35C)C4=O)C1CCC21CCC(=O)O1. The van der Waals surface area contributed by atoms with E-state index in [2.05, 4.69) is 19.9 Å². The highest BCUT2D eigenvalue weighted by Gasteiger charge is 2.79. The first-order chi connectivity index (χ1) is 14.1. The lowest BCUT2D eigenvalue weighted by atomic mass is 9.39. The van der Waals surface area contributed by atoms with Crippen LogP contribution in [0.5, 0.6) is 0 Å². The molecule has 0 amide bonds. The zero-order valence-electron chi connectivity index (χ0n) is 17.6. The largest absolute Gasteiger partial charge is 0.458 e. The van der Waals surface area contributed by atoms with Crippen LogP contribution in [0.4, 0.5) is 0 Å². The van der Waals surface area contributed by atoms with Crippen LogP contribution in [0.15, 0.2) is 0 Å². The predicted molar refractivity (Wildman–Crippen MR) is 103 cm³/mol. The number of Topliss-reactive ketones (excluding diaryl/α,β-unsaturated/α-hetero) is 2. The highest BCUT2D eigenvalue weighted by molar-refractivity contribution is 6.07. The third-order valence-corrected chi connectivity index (χ3v) is 11.0. The van der Waals surface area contributed by atoms with Gasteiger partial charge in [0.25, 0.3) is 0 Å². The van der Waals surface area contributed by atoms with Crippen LogP contribution < -0.4 is 0 Å². The zero-order valence-corrected chi connectivity index (χ0v) is 17.6. The van der Waals surface area contributed by atoms with Gasteiger partial charge in [-0.05, 0) is 61.7 Å². The van der Waals surface area contributed by atoms with Crippen molar-refractivity contribution in [3.63, 3.8) is 0 Å². The van der Waals surface area contributed by atoms with Crippen molar-refractivity contribution < 1.29 is 24.2 Å². The molecule has 0 aromatic heterocycles. The lowest BCUT2D eigenvalue weighted by Gasteiger charge is -2.64. The summed E-state index contributed by atoms with van der Waals surface area (Å²) in [5, 5.41) is 21.9. The summed E-state index contributed by atoms with van der Waals surface area (Å²) in [6, 6.07) is 2.47. The molecule has 6 fully saturated rings. The minimum atomic E-state index is -0.976. The van der Waals surface area contributed by atoms with Gasteiger partial charge < -0.3 is 9.84 Å². The van der Waals surface area contributed by atoms with Crippen molar-refractivity contribution in [2.75, 3.05) is 0 Å². The molecule has 0 aromatic rings. The molecule has 1 N–H and O–H groups in total. The smallest absolute Gasteiger partial charge is 0.306 e. The summed E-state index contributed by atoms with van der Waals surface area (Å²) >= 11 is 0. The number of carbonyl (C=O) groups is 3. The predicted octanol–water partition coefficient (Wildman–Crippen LogP) is 2.57. The molecule has 160 valence electrons. The first kappa shape index (κ1) is 19.0. The molecule has 8 unspecified atom stereocenters. The van der Waals surface area contributed by atoms with Crippen LogP contribution in [-0.4, -0.2) is 34.3 Å². The van der Waals surface area contributed by atoms with E-state index in [1.54, 1.807) is 0 Å². The van der Waals surface area contributed by atoms with E-state index >= 15 is 0 Å². The first-order valence-electron chi connectivity index (χ1n) is 11.5. The Morgan fingerprint density at radius 1 is 1.07 bits per heavy atom. The fourth-order valence-electron chi connectivity index (χ4n) is 9.73. The van der Waals surface area contributed by atoms with Crippen molar-refractivity contribution >= 4 is 17.5 Å². The molecular formula is C24H29NO5. The van der Waals surface area contributed by atoms with E-state index in [4.69, 9.17) is 4.74 Å². The number of aliphatic hydroxyl groups is 1. The Hall–Kier alpha value is -1.74. The second kappa shape index (κ2) is 5.35. The number of fused-ring (bicyclic) bond motifs is 7. The van der Waals surface area contributed by atoms with Gasteiger partial charge in [0.1, 0.15) is 17.2 Å². The van der Waals surface area contributed by atoms with Crippen LogP contribution in [0.3, 0.4) is 0 Å². The van der Waals surface area contributed by atoms with Crippen LogP contribution in [0.25, 0.3) is 0 Å². The third kappa shape index (κ3) is 1.74. The van der Waals surface area contributed by atoms with Gasteiger partial charge in [0.15, 0.2) is 0 Å². The number of aliphatic hydroxyl groups excluding tert-OH is 1. The molecule has 5 aliphatic carbocycles. The van der Waals surface area contributed by atoms with Crippen LogP contribution >= 0.6 is 0 Å². The molecule has 1 heterocycles. The van der Waals surface area contributed by atoms with E-state index in [1.807, 2.05) is 0 Å². The molecule has 6 nitrogen and oxygen atoms in total. The number of carbonyl (C=O) groups excluding carboxylic acids is 3. The number of esters is 1. The van der Waals surface area contributed by atoms with Gasteiger partial charge in [-0.1, -0.05) is 13.8 Å².